The molecule has 0 N–H and O–H groups in total. The molecule has 1 aliphatic carbocycles. The van der Waals surface area contributed by atoms with Crippen molar-refractivity contribution in [1.82, 2.24) is 0 Å². The first-order valence-electron chi connectivity index (χ1n) is 9.37. The van der Waals surface area contributed by atoms with Crippen LogP contribution in [0, 0.1) is 17.7 Å². The lowest BCUT2D eigenvalue weighted by Gasteiger charge is -2.16. The molecule has 2 unspecified atom stereocenters. The zero-order valence-electron chi connectivity index (χ0n) is 16.3. The molecule has 3 nitrogen and oxygen atoms in total. The fourth-order valence-corrected chi connectivity index (χ4v) is 3.24. The molecule has 0 aliphatic heterocycles. The summed E-state index contributed by atoms with van der Waals surface area (Å²) in [5.41, 5.74) is -0.895. The molecule has 2 aromatic rings. The van der Waals surface area contributed by atoms with E-state index >= 15 is 0 Å². The summed E-state index contributed by atoms with van der Waals surface area (Å²) in [6.07, 6.45) is -4.20. The molecule has 0 heterocycles. The highest BCUT2D eigenvalue weighted by Gasteiger charge is 2.42. The molecule has 1 fully saturated rings. The van der Waals surface area contributed by atoms with Crippen LogP contribution in [0.5, 0.6) is 11.5 Å². The fraction of sp³-hybridized carbons (Fsp3) is 0.409. The topological polar surface area (TPSA) is 35.5 Å². The lowest BCUT2D eigenvalue weighted by atomic mass is 10.0. The normalized spacial score (nSPS) is 18.6. The number of halogens is 4. The highest BCUT2D eigenvalue weighted by Crippen LogP contribution is 2.43. The highest BCUT2D eigenvalue weighted by atomic mass is 19.4. The van der Waals surface area contributed by atoms with Crippen molar-refractivity contribution >= 4 is 5.78 Å². The van der Waals surface area contributed by atoms with Gasteiger partial charge in [0.05, 0.1) is 18.3 Å². The second-order valence-electron chi connectivity index (χ2n) is 7.54. The molecule has 3 rings (SSSR count). The summed E-state index contributed by atoms with van der Waals surface area (Å²) >= 11 is 0. The second-order valence-corrected chi connectivity index (χ2v) is 7.54. The smallest absolute Gasteiger partial charge is 0.419 e. The molecule has 2 atom stereocenters. The summed E-state index contributed by atoms with van der Waals surface area (Å²) in [5.74, 6) is -0.786. The summed E-state index contributed by atoms with van der Waals surface area (Å²) in [5, 5.41) is 0. The van der Waals surface area contributed by atoms with Crippen LogP contribution in [0.25, 0.3) is 11.1 Å². The van der Waals surface area contributed by atoms with Gasteiger partial charge in [0.15, 0.2) is 0 Å². The molecule has 1 saturated carbocycles. The number of alkyl halides is 3. The molecule has 0 bridgehead atoms. The number of Topliss-reactive ketones (excluding diaryl/α,β-unsaturated/α-hetero) is 1. The van der Waals surface area contributed by atoms with Gasteiger partial charge in [-0.05, 0) is 63.1 Å². The summed E-state index contributed by atoms with van der Waals surface area (Å²) in [6, 6.07) is 7.44. The van der Waals surface area contributed by atoms with E-state index in [2.05, 4.69) is 0 Å². The van der Waals surface area contributed by atoms with Gasteiger partial charge in [-0.1, -0.05) is 6.07 Å². The van der Waals surface area contributed by atoms with E-state index in [0.717, 1.165) is 6.07 Å². The summed E-state index contributed by atoms with van der Waals surface area (Å²) in [4.78, 5) is 11.3. The summed E-state index contributed by atoms with van der Waals surface area (Å²) in [6.45, 7) is 5.10. The predicted molar refractivity (Wildman–Crippen MR) is 100 cm³/mol. The average molecular weight is 410 g/mol. The first-order valence-corrected chi connectivity index (χ1v) is 9.37. The first-order chi connectivity index (χ1) is 13.6. The van der Waals surface area contributed by atoms with E-state index in [9.17, 15) is 22.4 Å². The van der Waals surface area contributed by atoms with Gasteiger partial charge >= 0.3 is 6.18 Å². The van der Waals surface area contributed by atoms with Gasteiger partial charge in [-0.2, -0.15) is 13.2 Å². The largest absolute Gasteiger partial charge is 0.493 e. The minimum atomic E-state index is -4.67. The summed E-state index contributed by atoms with van der Waals surface area (Å²) < 4.78 is 66.0. The average Bonchev–Trinajstić information content (AvgIpc) is 3.40. The van der Waals surface area contributed by atoms with Gasteiger partial charge in [-0.25, -0.2) is 4.39 Å². The van der Waals surface area contributed by atoms with E-state index in [1.807, 2.05) is 0 Å². The van der Waals surface area contributed by atoms with E-state index in [1.165, 1.54) is 37.3 Å². The van der Waals surface area contributed by atoms with Gasteiger partial charge in [-0.3, -0.25) is 4.79 Å². The van der Waals surface area contributed by atoms with Gasteiger partial charge in [0.25, 0.3) is 0 Å². The fourth-order valence-electron chi connectivity index (χ4n) is 3.24. The van der Waals surface area contributed by atoms with Crippen molar-refractivity contribution in [2.24, 2.45) is 11.8 Å². The molecule has 0 saturated heterocycles. The van der Waals surface area contributed by atoms with Crippen LogP contribution >= 0.6 is 0 Å². The molecule has 1 aliphatic rings. The van der Waals surface area contributed by atoms with Crippen molar-refractivity contribution < 1.29 is 31.8 Å². The van der Waals surface area contributed by atoms with Gasteiger partial charge in [0, 0.05) is 17.4 Å². The van der Waals surface area contributed by atoms with E-state index in [4.69, 9.17) is 9.47 Å². The maximum absolute atomic E-state index is 14.3. The monoisotopic (exact) mass is 410 g/mol. The molecular formula is C22H22F4O3. The Bertz CT molecular complexity index is 905. The van der Waals surface area contributed by atoms with Crippen LogP contribution in [0.3, 0.4) is 0 Å². The Morgan fingerprint density at radius 1 is 1.17 bits per heavy atom. The third-order valence-electron chi connectivity index (χ3n) is 4.80. The van der Waals surface area contributed by atoms with Gasteiger partial charge < -0.3 is 9.47 Å². The van der Waals surface area contributed by atoms with Gasteiger partial charge in [-0.15, -0.1) is 0 Å². The highest BCUT2D eigenvalue weighted by molar-refractivity contribution is 5.81. The third kappa shape index (κ3) is 5.08. The summed E-state index contributed by atoms with van der Waals surface area (Å²) in [7, 11) is 0. The van der Waals surface area contributed by atoms with Crippen molar-refractivity contribution in [2.45, 2.75) is 39.5 Å². The van der Waals surface area contributed by atoms with Crippen LogP contribution in [-0.2, 0) is 11.0 Å². The maximum atomic E-state index is 14.3. The molecule has 29 heavy (non-hydrogen) atoms. The quantitative estimate of drug-likeness (QED) is 0.533. The molecule has 0 amide bonds. The number of carbonyl (C=O) groups excluding carboxylic acids is 1. The van der Waals surface area contributed by atoms with Crippen molar-refractivity contribution in [1.29, 1.82) is 0 Å². The zero-order chi connectivity index (χ0) is 21.3. The van der Waals surface area contributed by atoms with Crippen molar-refractivity contribution in [2.75, 3.05) is 6.61 Å². The number of carbonyl (C=O) groups is 1. The predicted octanol–water partition coefficient (Wildman–Crippen LogP) is 5.90. The molecule has 156 valence electrons. The van der Waals surface area contributed by atoms with Gasteiger partial charge in [0.1, 0.15) is 23.1 Å². The van der Waals surface area contributed by atoms with Gasteiger partial charge in [0.2, 0.25) is 0 Å². The van der Waals surface area contributed by atoms with E-state index in [0.29, 0.717) is 12.2 Å². The Balaban J connectivity index is 1.89. The molecule has 0 spiro atoms. The SMILES string of the molecule is CC(=O)C1CC1COc1ccc(-c2cc(OC(C)C)ccc2F)cc1C(F)(F)F. The van der Waals surface area contributed by atoms with Crippen LogP contribution in [0.15, 0.2) is 36.4 Å². The molecule has 2 aromatic carbocycles. The minimum absolute atomic E-state index is 0.0130. The maximum Gasteiger partial charge on any atom is 0.419 e. The number of hydrogen-bond donors (Lipinski definition) is 0. The second kappa shape index (κ2) is 8.05. The molecule has 0 radical (unpaired) electrons. The van der Waals surface area contributed by atoms with E-state index in [1.54, 1.807) is 13.8 Å². The number of rotatable bonds is 7. The number of ketones is 1. The van der Waals surface area contributed by atoms with Crippen LogP contribution in [0.4, 0.5) is 17.6 Å². The number of benzene rings is 2. The van der Waals surface area contributed by atoms with Crippen molar-refractivity contribution in [3.8, 4) is 22.6 Å². The standard InChI is InChI=1S/C22H22F4O3/c1-12(2)29-16-5-6-20(23)18(10-16)14-4-7-21(19(9-14)22(24,25)26)28-11-15-8-17(15)13(3)27/h4-7,9-10,12,15,17H,8,11H2,1-3H3. The van der Waals surface area contributed by atoms with E-state index in [-0.39, 0.29) is 47.2 Å². The third-order valence-corrected chi connectivity index (χ3v) is 4.80. The number of ether oxygens (including phenoxy) is 2. The Labute approximate surface area is 166 Å². The Morgan fingerprint density at radius 2 is 1.90 bits per heavy atom. The van der Waals surface area contributed by atoms with Crippen molar-refractivity contribution in [3.63, 3.8) is 0 Å². The first kappa shape index (κ1) is 21.1. The Morgan fingerprint density at radius 3 is 2.48 bits per heavy atom. The van der Waals surface area contributed by atoms with Crippen LogP contribution in [-0.4, -0.2) is 18.5 Å². The Hall–Kier alpha value is -2.57. The van der Waals surface area contributed by atoms with Crippen LogP contribution in [0.1, 0.15) is 32.8 Å². The van der Waals surface area contributed by atoms with E-state index < -0.39 is 17.6 Å². The van der Waals surface area contributed by atoms with Crippen LogP contribution in [0.2, 0.25) is 0 Å². The zero-order valence-corrected chi connectivity index (χ0v) is 16.3. The lowest BCUT2D eigenvalue weighted by molar-refractivity contribution is -0.139. The lowest BCUT2D eigenvalue weighted by Crippen LogP contribution is -2.11. The molecular weight excluding hydrogens is 388 g/mol. The molecule has 7 heteroatoms. The minimum Gasteiger partial charge on any atom is -0.493 e. The van der Waals surface area contributed by atoms with Crippen molar-refractivity contribution in [3.05, 3.63) is 47.8 Å². The Kier molecular flexibility index (Phi) is 5.87. The molecule has 0 aromatic heterocycles. The van der Waals surface area contributed by atoms with Crippen LogP contribution < -0.4 is 9.47 Å². The number of hydrogen-bond acceptors (Lipinski definition) is 3.